The molecule has 116 valence electrons. The molecule has 0 radical (unpaired) electrons. The Hall–Kier alpha value is -2.20. The third-order valence-corrected chi connectivity index (χ3v) is 3.52. The van der Waals surface area contributed by atoms with Crippen LogP contribution in [0.3, 0.4) is 0 Å². The average Bonchev–Trinajstić information content (AvgIpc) is 2.53. The molecule has 2 amide bonds. The van der Waals surface area contributed by atoms with Crippen LogP contribution in [-0.4, -0.2) is 13.1 Å². The van der Waals surface area contributed by atoms with Crippen LogP contribution >= 0.6 is 11.6 Å². The fraction of sp³-hybridized carbons (Fsp3) is 0.235. The van der Waals surface area contributed by atoms with Crippen molar-refractivity contribution in [2.45, 2.75) is 19.5 Å². The van der Waals surface area contributed by atoms with Crippen LogP contribution in [0.15, 0.2) is 48.5 Å². The Bertz CT molecular complexity index is 646. The van der Waals surface area contributed by atoms with E-state index in [9.17, 15) is 4.79 Å². The summed E-state index contributed by atoms with van der Waals surface area (Å²) in [6.45, 7) is 2.35. The van der Waals surface area contributed by atoms with Crippen molar-refractivity contribution in [3.05, 3.63) is 64.7 Å². The van der Waals surface area contributed by atoms with Crippen LogP contribution in [0.1, 0.15) is 24.1 Å². The lowest BCUT2D eigenvalue weighted by atomic mass is 10.1. The van der Waals surface area contributed by atoms with Gasteiger partial charge >= 0.3 is 6.03 Å². The molecule has 0 saturated heterocycles. The molecule has 2 aromatic rings. The molecule has 0 saturated carbocycles. The maximum atomic E-state index is 12.0. The van der Waals surface area contributed by atoms with Crippen LogP contribution in [0.5, 0.6) is 5.75 Å². The van der Waals surface area contributed by atoms with Crippen LogP contribution in [0.4, 0.5) is 4.79 Å². The molecule has 4 nitrogen and oxygen atoms in total. The second kappa shape index (κ2) is 7.71. The van der Waals surface area contributed by atoms with E-state index in [4.69, 9.17) is 16.3 Å². The molecule has 2 rings (SSSR count). The average molecular weight is 319 g/mol. The second-order valence-electron chi connectivity index (χ2n) is 4.96. The van der Waals surface area contributed by atoms with Crippen molar-refractivity contribution in [2.75, 3.05) is 7.11 Å². The van der Waals surface area contributed by atoms with E-state index in [1.807, 2.05) is 49.4 Å². The number of hydrogen-bond donors (Lipinski definition) is 2. The summed E-state index contributed by atoms with van der Waals surface area (Å²) in [6.07, 6.45) is 0. The SMILES string of the molecule is COc1cccc(CNC(=O)N[C@H](C)c2cccc(Cl)c2)c1. The summed E-state index contributed by atoms with van der Waals surface area (Å²) >= 11 is 5.96. The predicted octanol–water partition coefficient (Wildman–Crippen LogP) is 3.91. The highest BCUT2D eigenvalue weighted by molar-refractivity contribution is 6.30. The molecule has 1 atom stereocenters. The van der Waals surface area contributed by atoms with Gasteiger partial charge in [-0.3, -0.25) is 0 Å². The first-order chi connectivity index (χ1) is 10.6. The van der Waals surface area contributed by atoms with Gasteiger partial charge in [0.15, 0.2) is 0 Å². The summed E-state index contributed by atoms with van der Waals surface area (Å²) < 4.78 is 5.15. The third-order valence-electron chi connectivity index (χ3n) is 3.28. The summed E-state index contributed by atoms with van der Waals surface area (Å²) in [5.74, 6) is 0.770. The highest BCUT2D eigenvalue weighted by atomic mass is 35.5. The molecule has 0 spiro atoms. The Morgan fingerprint density at radius 2 is 2.00 bits per heavy atom. The van der Waals surface area contributed by atoms with Gasteiger partial charge in [0.2, 0.25) is 0 Å². The molecule has 0 aliphatic carbocycles. The minimum absolute atomic E-state index is 0.121. The lowest BCUT2D eigenvalue weighted by molar-refractivity contribution is 0.237. The molecule has 0 bridgehead atoms. The van der Waals surface area contributed by atoms with Gasteiger partial charge in [-0.1, -0.05) is 35.9 Å². The molecule has 0 unspecified atom stereocenters. The summed E-state index contributed by atoms with van der Waals surface area (Å²) in [4.78, 5) is 12.0. The predicted molar refractivity (Wildman–Crippen MR) is 88.2 cm³/mol. The number of rotatable bonds is 5. The smallest absolute Gasteiger partial charge is 0.315 e. The molecular formula is C17H19ClN2O2. The van der Waals surface area contributed by atoms with E-state index >= 15 is 0 Å². The topological polar surface area (TPSA) is 50.4 Å². The largest absolute Gasteiger partial charge is 0.497 e. The van der Waals surface area contributed by atoms with E-state index in [2.05, 4.69) is 10.6 Å². The van der Waals surface area contributed by atoms with E-state index < -0.39 is 0 Å². The minimum Gasteiger partial charge on any atom is -0.497 e. The molecule has 2 aromatic carbocycles. The molecule has 0 fully saturated rings. The number of benzene rings is 2. The first-order valence-electron chi connectivity index (χ1n) is 7.01. The molecule has 22 heavy (non-hydrogen) atoms. The lowest BCUT2D eigenvalue weighted by Gasteiger charge is -2.15. The lowest BCUT2D eigenvalue weighted by Crippen LogP contribution is -2.36. The molecular weight excluding hydrogens is 300 g/mol. The van der Waals surface area contributed by atoms with E-state index in [1.54, 1.807) is 13.2 Å². The quantitative estimate of drug-likeness (QED) is 0.878. The Balaban J connectivity index is 1.87. The van der Waals surface area contributed by atoms with Gasteiger partial charge in [0.1, 0.15) is 5.75 Å². The third kappa shape index (κ3) is 4.67. The monoisotopic (exact) mass is 318 g/mol. The Morgan fingerprint density at radius 1 is 1.23 bits per heavy atom. The Kier molecular flexibility index (Phi) is 5.67. The van der Waals surface area contributed by atoms with Crippen molar-refractivity contribution in [3.63, 3.8) is 0 Å². The molecule has 0 aliphatic rings. The van der Waals surface area contributed by atoms with Crippen LogP contribution in [0.2, 0.25) is 5.02 Å². The second-order valence-corrected chi connectivity index (χ2v) is 5.39. The van der Waals surface area contributed by atoms with E-state index in [0.29, 0.717) is 11.6 Å². The van der Waals surface area contributed by atoms with Crippen LogP contribution in [-0.2, 0) is 6.54 Å². The zero-order chi connectivity index (χ0) is 15.9. The molecule has 2 N–H and O–H groups in total. The van der Waals surface area contributed by atoms with Crippen molar-refractivity contribution in [2.24, 2.45) is 0 Å². The standard InChI is InChI=1S/C17H19ClN2O2/c1-12(14-6-4-7-15(18)10-14)20-17(21)19-11-13-5-3-8-16(9-13)22-2/h3-10,12H,11H2,1-2H3,(H2,19,20,21)/t12-/m1/s1. The minimum atomic E-state index is -0.227. The van der Waals surface area contributed by atoms with Gasteiger partial charge in [-0.15, -0.1) is 0 Å². The number of halogens is 1. The number of hydrogen-bond acceptors (Lipinski definition) is 2. The Labute approximate surface area is 135 Å². The van der Waals surface area contributed by atoms with Gasteiger partial charge in [0, 0.05) is 11.6 Å². The van der Waals surface area contributed by atoms with E-state index in [0.717, 1.165) is 16.9 Å². The zero-order valence-electron chi connectivity index (χ0n) is 12.6. The van der Waals surface area contributed by atoms with Crippen molar-refractivity contribution in [1.82, 2.24) is 10.6 Å². The summed E-state index contributed by atoms with van der Waals surface area (Å²) in [5.41, 5.74) is 1.94. The number of nitrogens with one attached hydrogen (secondary N) is 2. The number of urea groups is 1. The fourth-order valence-corrected chi connectivity index (χ4v) is 2.27. The van der Waals surface area contributed by atoms with E-state index in [1.165, 1.54) is 0 Å². The Morgan fingerprint density at radius 3 is 2.73 bits per heavy atom. The van der Waals surface area contributed by atoms with Crippen molar-refractivity contribution >= 4 is 17.6 Å². The van der Waals surface area contributed by atoms with Crippen molar-refractivity contribution < 1.29 is 9.53 Å². The van der Waals surface area contributed by atoms with Crippen molar-refractivity contribution in [3.8, 4) is 5.75 Å². The van der Waals surface area contributed by atoms with Gasteiger partial charge in [0.25, 0.3) is 0 Å². The number of amides is 2. The first-order valence-corrected chi connectivity index (χ1v) is 7.39. The highest BCUT2D eigenvalue weighted by Crippen LogP contribution is 2.17. The summed E-state index contributed by atoms with van der Waals surface area (Å²) in [6, 6.07) is 14.7. The van der Waals surface area contributed by atoms with Gasteiger partial charge in [0.05, 0.1) is 13.2 Å². The van der Waals surface area contributed by atoms with Gasteiger partial charge in [-0.05, 0) is 42.3 Å². The van der Waals surface area contributed by atoms with E-state index in [-0.39, 0.29) is 12.1 Å². The van der Waals surface area contributed by atoms with Gasteiger partial charge in [-0.25, -0.2) is 4.79 Å². The maximum Gasteiger partial charge on any atom is 0.315 e. The highest BCUT2D eigenvalue weighted by Gasteiger charge is 2.09. The molecule has 0 aromatic heterocycles. The summed E-state index contributed by atoms with van der Waals surface area (Å²) in [5, 5.41) is 6.36. The number of methoxy groups -OCH3 is 1. The molecule has 0 heterocycles. The van der Waals surface area contributed by atoms with Gasteiger partial charge in [-0.2, -0.15) is 0 Å². The van der Waals surface area contributed by atoms with Crippen LogP contribution in [0.25, 0.3) is 0 Å². The number of carbonyl (C=O) groups excluding carboxylic acids is 1. The normalized spacial score (nSPS) is 11.6. The van der Waals surface area contributed by atoms with Crippen LogP contribution in [0, 0.1) is 0 Å². The first kappa shape index (κ1) is 16.2. The molecule has 5 heteroatoms. The van der Waals surface area contributed by atoms with Gasteiger partial charge < -0.3 is 15.4 Å². The zero-order valence-corrected chi connectivity index (χ0v) is 13.4. The molecule has 0 aliphatic heterocycles. The summed E-state index contributed by atoms with van der Waals surface area (Å²) in [7, 11) is 1.62. The van der Waals surface area contributed by atoms with Crippen molar-refractivity contribution in [1.29, 1.82) is 0 Å². The number of carbonyl (C=O) groups is 1. The fourth-order valence-electron chi connectivity index (χ4n) is 2.07. The maximum absolute atomic E-state index is 12.0. The number of ether oxygens (including phenoxy) is 1. The van der Waals surface area contributed by atoms with Crippen LogP contribution < -0.4 is 15.4 Å².